The zero-order chi connectivity index (χ0) is 18.9. The summed E-state index contributed by atoms with van der Waals surface area (Å²) < 4.78 is 5.76. The fourth-order valence-corrected chi connectivity index (χ4v) is 2.99. The maximum absolute atomic E-state index is 5.76. The van der Waals surface area contributed by atoms with Gasteiger partial charge in [0.15, 0.2) is 5.96 Å². The molecule has 0 aliphatic carbocycles. The summed E-state index contributed by atoms with van der Waals surface area (Å²) in [6, 6.07) is 20.2. The molecule has 0 aliphatic heterocycles. The number of ether oxygens (including phenoxy) is 1. The summed E-state index contributed by atoms with van der Waals surface area (Å²) in [7, 11) is 3.82. The molecule has 0 saturated carbocycles. The predicted molar refractivity (Wildman–Crippen MR) is 111 cm³/mol. The number of fused-ring (bicyclic) bond motifs is 1. The van der Waals surface area contributed by atoms with E-state index >= 15 is 0 Å². The molecule has 0 radical (unpaired) electrons. The number of aromatic nitrogens is 1. The van der Waals surface area contributed by atoms with Crippen molar-refractivity contribution in [2.45, 2.75) is 6.42 Å². The Kier molecular flexibility index (Phi) is 6.63. The molecular formula is C22H26N4O. The number of nitrogens with one attached hydrogen (secondary N) is 1. The van der Waals surface area contributed by atoms with E-state index in [4.69, 9.17) is 4.74 Å². The zero-order valence-corrected chi connectivity index (χ0v) is 15.9. The third-order valence-electron chi connectivity index (χ3n) is 4.41. The Morgan fingerprint density at radius 2 is 1.89 bits per heavy atom. The molecule has 27 heavy (non-hydrogen) atoms. The van der Waals surface area contributed by atoms with E-state index in [9.17, 15) is 0 Å². The number of hydrogen-bond donors (Lipinski definition) is 1. The molecule has 5 nitrogen and oxygen atoms in total. The lowest BCUT2D eigenvalue weighted by Crippen LogP contribution is -2.41. The zero-order valence-electron chi connectivity index (χ0n) is 15.9. The highest BCUT2D eigenvalue weighted by Crippen LogP contribution is 2.16. The number of hydrogen-bond acceptors (Lipinski definition) is 3. The van der Waals surface area contributed by atoms with E-state index in [-0.39, 0.29) is 0 Å². The van der Waals surface area contributed by atoms with E-state index in [1.54, 1.807) is 7.05 Å². The van der Waals surface area contributed by atoms with Crippen molar-refractivity contribution in [3.05, 3.63) is 72.4 Å². The molecule has 0 bridgehead atoms. The normalized spacial score (nSPS) is 11.4. The molecule has 0 unspecified atom stereocenters. The van der Waals surface area contributed by atoms with Crippen LogP contribution < -0.4 is 10.1 Å². The number of nitrogens with zero attached hydrogens (tertiary/aromatic N) is 3. The maximum Gasteiger partial charge on any atom is 0.193 e. The van der Waals surface area contributed by atoms with Crippen LogP contribution >= 0.6 is 0 Å². The lowest BCUT2D eigenvalue weighted by atomic mass is 10.1. The molecule has 3 aromatic rings. The Morgan fingerprint density at radius 1 is 1.07 bits per heavy atom. The van der Waals surface area contributed by atoms with Gasteiger partial charge < -0.3 is 15.0 Å². The van der Waals surface area contributed by atoms with Gasteiger partial charge in [-0.1, -0.05) is 42.5 Å². The Labute approximate surface area is 160 Å². The van der Waals surface area contributed by atoms with Crippen LogP contribution in [0.4, 0.5) is 0 Å². The molecule has 3 rings (SSSR count). The van der Waals surface area contributed by atoms with Crippen LogP contribution in [0.2, 0.25) is 0 Å². The van der Waals surface area contributed by atoms with E-state index in [0.29, 0.717) is 6.61 Å². The smallest absolute Gasteiger partial charge is 0.193 e. The van der Waals surface area contributed by atoms with Gasteiger partial charge in [-0.2, -0.15) is 0 Å². The lowest BCUT2D eigenvalue weighted by Gasteiger charge is -2.22. The molecule has 0 atom stereocenters. The van der Waals surface area contributed by atoms with Gasteiger partial charge in [0.05, 0.1) is 12.1 Å². The number of likely N-dealkylation sites (N-methyl/N-ethyl adjacent to an activating group) is 1. The first-order valence-electron chi connectivity index (χ1n) is 9.20. The van der Waals surface area contributed by atoms with E-state index in [1.165, 1.54) is 10.9 Å². The van der Waals surface area contributed by atoms with Crippen molar-refractivity contribution < 1.29 is 4.74 Å². The van der Waals surface area contributed by atoms with E-state index in [1.807, 2.05) is 49.6 Å². The minimum atomic E-state index is 0.606. The van der Waals surface area contributed by atoms with Crippen molar-refractivity contribution in [1.29, 1.82) is 0 Å². The molecule has 0 amide bonds. The number of aliphatic imine (C=N–C) groups is 1. The van der Waals surface area contributed by atoms with Gasteiger partial charge in [0.25, 0.3) is 0 Å². The van der Waals surface area contributed by atoms with Crippen LogP contribution in [-0.2, 0) is 6.42 Å². The summed E-state index contributed by atoms with van der Waals surface area (Å²) >= 11 is 0. The van der Waals surface area contributed by atoms with Gasteiger partial charge in [0.1, 0.15) is 12.4 Å². The number of rotatable bonds is 7. The Balaban J connectivity index is 1.48. The van der Waals surface area contributed by atoms with Gasteiger partial charge >= 0.3 is 0 Å². The van der Waals surface area contributed by atoms with Gasteiger partial charge in [-0.3, -0.25) is 9.98 Å². The van der Waals surface area contributed by atoms with Crippen LogP contribution in [-0.4, -0.2) is 49.6 Å². The summed E-state index contributed by atoms with van der Waals surface area (Å²) in [6.07, 6.45) is 2.74. The second-order valence-electron chi connectivity index (χ2n) is 6.30. The van der Waals surface area contributed by atoms with Gasteiger partial charge in [-0.15, -0.1) is 0 Å². The van der Waals surface area contributed by atoms with Crippen LogP contribution in [0.15, 0.2) is 71.9 Å². The van der Waals surface area contributed by atoms with Crippen molar-refractivity contribution in [1.82, 2.24) is 15.2 Å². The predicted octanol–water partition coefficient (Wildman–Crippen LogP) is 3.36. The number of pyridine rings is 1. The average Bonchev–Trinajstić information content (AvgIpc) is 2.72. The minimum Gasteiger partial charge on any atom is -0.492 e. The van der Waals surface area contributed by atoms with Gasteiger partial charge in [-0.25, -0.2) is 0 Å². The van der Waals surface area contributed by atoms with Crippen molar-refractivity contribution in [2.75, 3.05) is 33.8 Å². The highest BCUT2D eigenvalue weighted by molar-refractivity contribution is 5.82. The Morgan fingerprint density at radius 3 is 2.70 bits per heavy atom. The quantitative estimate of drug-likeness (QED) is 0.517. The van der Waals surface area contributed by atoms with Gasteiger partial charge in [-0.05, 0) is 30.2 Å². The number of benzene rings is 2. The Hall–Kier alpha value is -3.08. The van der Waals surface area contributed by atoms with E-state index in [2.05, 4.69) is 44.5 Å². The molecule has 1 N–H and O–H groups in total. The Bertz CT molecular complexity index is 874. The first-order valence-corrected chi connectivity index (χ1v) is 9.20. The third kappa shape index (κ3) is 5.20. The molecule has 5 heteroatoms. The molecule has 140 valence electrons. The summed E-state index contributed by atoms with van der Waals surface area (Å²) in [5, 5.41) is 4.60. The van der Waals surface area contributed by atoms with Crippen molar-refractivity contribution in [3.8, 4) is 5.75 Å². The first-order chi connectivity index (χ1) is 13.3. The molecule has 0 saturated heterocycles. The van der Waals surface area contributed by atoms with Crippen LogP contribution in [0.3, 0.4) is 0 Å². The molecule has 2 aromatic carbocycles. The molecule has 0 fully saturated rings. The molecular weight excluding hydrogens is 336 g/mol. The summed E-state index contributed by atoms with van der Waals surface area (Å²) in [5.74, 6) is 1.75. The van der Waals surface area contributed by atoms with E-state index in [0.717, 1.165) is 36.7 Å². The molecule has 0 spiro atoms. The lowest BCUT2D eigenvalue weighted by molar-refractivity contribution is 0.281. The summed E-state index contributed by atoms with van der Waals surface area (Å²) in [5.41, 5.74) is 2.31. The van der Waals surface area contributed by atoms with Gasteiger partial charge in [0, 0.05) is 32.2 Å². The van der Waals surface area contributed by atoms with Crippen LogP contribution in [0.1, 0.15) is 5.56 Å². The maximum atomic E-state index is 5.76. The monoisotopic (exact) mass is 362 g/mol. The SMILES string of the molecule is CN=C(NCCc1cccc2cccnc12)N(C)CCOc1ccccc1. The average molecular weight is 362 g/mol. The van der Waals surface area contributed by atoms with Crippen molar-refractivity contribution in [3.63, 3.8) is 0 Å². The summed E-state index contributed by atoms with van der Waals surface area (Å²) in [4.78, 5) is 11.0. The second-order valence-corrected chi connectivity index (χ2v) is 6.30. The highest BCUT2D eigenvalue weighted by atomic mass is 16.5. The first kappa shape index (κ1) is 18.7. The number of guanidine groups is 1. The van der Waals surface area contributed by atoms with Crippen LogP contribution in [0.25, 0.3) is 10.9 Å². The third-order valence-corrected chi connectivity index (χ3v) is 4.41. The van der Waals surface area contributed by atoms with Gasteiger partial charge in [0.2, 0.25) is 0 Å². The largest absolute Gasteiger partial charge is 0.492 e. The fraction of sp³-hybridized carbons (Fsp3) is 0.273. The highest BCUT2D eigenvalue weighted by Gasteiger charge is 2.07. The second kappa shape index (κ2) is 9.57. The van der Waals surface area contributed by atoms with Crippen molar-refractivity contribution in [2.24, 2.45) is 4.99 Å². The standard InChI is InChI=1S/C22H26N4O/c1-23-22(26(2)16-17-27-20-11-4-3-5-12-20)25-15-13-19-9-6-8-18-10-7-14-24-21(18)19/h3-12,14H,13,15-17H2,1-2H3,(H,23,25). The van der Waals surface area contributed by atoms with Crippen LogP contribution in [0, 0.1) is 0 Å². The van der Waals surface area contributed by atoms with Crippen LogP contribution in [0.5, 0.6) is 5.75 Å². The number of para-hydroxylation sites is 2. The summed E-state index contributed by atoms with van der Waals surface area (Å²) in [6.45, 7) is 2.16. The van der Waals surface area contributed by atoms with E-state index < -0.39 is 0 Å². The molecule has 1 aromatic heterocycles. The minimum absolute atomic E-state index is 0.606. The topological polar surface area (TPSA) is 49.8 Å². The fourth-order valence-electron chi connectivity index (χ4n) is 2.99. The molecule has 0 aliphatic rings. The molecule has 1 heterocycles. The van der Waals surface area contributed by atoms with Crippen molar-refractivity contribution >= 4 is 16.9 Å².